The van der Waals surface area contributed by atoms with Gasteiger partial charge >= 0.3 is 0 Å². The largest absolute Gasteiger partial charge is 0.340 e. The summed E-state index contributed by atoms with van der Waals surface area (Å²) in [5.41, 5.74) is 0.440. The normalized spacial score (nSPS) is 21.6. The van der Waals surface area contributed by atoms with Gasteiger partial charge in [-0.2, -0.15) is 4.98 Å². The second-order valence-electron chi connectivity index (χ2n) is 7.35. The fraction of sp³-hybridized carbons (Fsp3) is 0.400. The second-order valence-corrected chi connectivity index (χ2v) is 7.35. The third-order valence-electron chi connectivity index (χ3n) is 5.37. The number of hydrogen-bond donors (Lipinski definition) is 3. The van der Waals surface area contributed by atoms with Crippen molar-refractivity contribution in [2.45, 2.75) is 44.6 Å². The van der Waals surface area contributed by atoms with Crippen LogP contribution in [0, 0.1) is 0 Å². The van der Waals surface area contributed by atoms with Crippen LogP contribution < -0.4 is 21.1 Å². The SMILES string of the molecule is C[C@H]1CCCCN1c1nc2c(c(=O)[nH]1)[C@@H](C(=O)Nc1ccccc1)CC(=O)N2. The molecule has 3 heterocycles. The average molecular weight is 381 g/mol. The maximum Gasteiger partial charge on any atom is 0.258 e. The maximum absolute atomic E-state index is 12.9. The fourth-order valence-electron chi connectivity index (χ4n) is 3.88. The highest BCUT2D eigenvalue weighted by Gasteiger charge is 2.35. The molecule has 3 N–H and O–H groups in total. The molecule has 2 amide bonds. The summed E-state index contributed by atoms with van der Waals surface area (Å²) in [6.07, 6.45) is 3.11. The van der Waals surface area contributed by atoms with Crippen LogP contribution in [0.4, 0.5) is 17.5 Å². The topological polar surface area (TPSA) is 107 Å². The highest BCUT2D eigenvalue weighted by molar-refractivity contribution is 6.04. The van der Waals surface area contributed by atoms with E-state index in [1.165, 1.54) is 0 Å². The Morgan fingerprint density at radius 1 is 1.21 bits per heavy atom. The van der Waals surface area contributed by atoms with Crippen LogP contribution in [0.1, 0.15) is 44.1 Å². The standard InChI is InChI=1S/C20H23N5O3/c1-12-7-5-6-10-25(12)20-23-17-16(19(28)24-20)14(11-15(26)22-17)18(27)21-13-8-3-2-4-9-13/h2-4,8-9,12,14H,5-7,10-11H2,1H3,(H,21,27)(H2,22,23,24,26,28)/t12-,14-/m0/s1. The number of rotatable bonds is 3. The minimum atomic E-state index is -0.881. The van der Waals surface area contributed by atoms with Gasteiger partial charge in [0.25, 0.3) is 5.56 Å². The van der Waals surface area contributed by atoms with Crippen molar-refractivity contribution < 1.29 is 9.59 Å². The molecule has 1 aromatic heterocycles. The molecule has 8 nitrogen and oxygen atoms in total. The number of nitrogens with zero attached hydrogens (tertiary/aromatic N) is 2. The van der Waals surface area contributed by atoms with Crippen LogP contribution in [0.25, 0.3) is 0 Å². The molecule has 1 fully saturated rings. The number of carbonyl (C=O) groups is 2. The van der Waals surface area contributed by atoms with Crippen molar-refractivity contribution in [1.82, 2.24) is 9.97 Å². The van der Waals surface area contributed by atoms with Crippen LogP contribution in [0.5, 0.6) is 0 Å². The smallest absolute Gasteiger partial charge is 0.258 e. The first kappa shape index (κ1) is 18.2. The molecular formula is C20H23N5O3. The molecule has 2 atom stereocenters. The van der Waals surface area contributed by atoms with Crippen LogP contribution in [-0.4, -0.2) is 34.4 Å². The Bertz CT molecular complexity index is 956. The van der Waals surface area contributed by atoms with Crippen molar-refractivity contribution in [3.05, 3.63) is 46.2 Å². The average Bonchev–Trinajstić information content (AvgIpc) is 2.68. The van der Waals surface area contributed by atoms with Crippen molar-refractivity contribution in [3.8, 4) is 0 Å². The lowest BCUT2D eigenvalue weighted by Crippen LogP contribution is -2.41. The van der Waals surface area contributed by atoms with Gasteiger partial charge in [0.15, 0.2) is 0 Å². The number of fused-ring (bicyclic) bond motifs is 1. The van der Waals surface area contributed by atoms with E-state index in [9.17, 15) is 14.4 Å². The zero-order valence-electron chi connectivity index (χ0n) is 15.7. The van der Waals surface area contributed by atoms with Crippen molar-refractivity contribution in [2.24, 2.45) is 0 Å². The molecule has 0 spiro atoms. The molecule has 146 valence electrons. The van der Waals surface area contributed by atoms with Crippen molar-refractivity contribution in [1.29, 1.82) is 0 Å². The van der Waals surface area contributed by atoms with Crippen LogP contribution in [0.3, 0.4) is 0 Å². The molecule has 2 aliphatic rings. The predicted octanol–water partition coefficient (Wildman–Crippen LogP) is 2.21. The minimum Gasteiger partial charge on any atom is -0.340 e. The molecule has 8 heteroatoms. The van der Waals surface area contributed by atoms with E-state index >= 15 is 0 Å². The van der Waals surface area contributed by atoms with Gasteiger partial charge in [0, 0.05) is 24.7 Å². The van der Waals surface area contributed by atoms with E-state index in [1.54, 1.807) is 24.3 Å². The van der Waals surface area contributed by atoms with Gasteiger partial charge in [-0.15, -0.1) is 0 Å². The lowest BCUT2D eigenvalue weighted by Gasteiger charge is -2.34. The van der Waals surface area contributed by atoms with Gasteiger partial charge in [0.2, 0.25) is 17.8 Å². The van der Waals surface area contributed by atoms with E-state index in [1.807, 2.05) is 11.0 Å². The molecule has 0 radical (unpaired) electrons. The van der Waals surface area contributed by atoms with Crippen molar-refractivity contribution >= 4 is 29.3 Å². The van der Waals surface area contributed by atoms with E-state index in [-0.39, 0.29) is 35.3 Å². The van der Waals surface area contributed by atoms with Gasteiger partial charge in [-0.3, -0.25) is 19.4 Å². The van der Waals surface area contributed by atoms with E-state index in [0.29, 0.717) is 11.6 Å². The fourth-order valence-corrected chi connectivity index (χ4v) is 3.88. The van der Waals surface area contributed by atoms with Crippen molar-refractivity contribution in [3.63, 3.8) is 0 Å². The lowest BCUT2D eigenvalue weighted by molar-refractivity contribution is -0.123. The molecule has 2 aromatic rings. The van der Waals surface area contributed by atoms with E-state index in [4.69, 9.17) is 0 Å². The monoisotopic (exact) mass is 381 g/mol. The number of H-pyrrole nitrogens is 1. The summed E-state index contributed by atoms with van der Waals surface area (Å²) in [4.78, 5) is 47.2. The first-order valence-electron chi connectivity index (χ1n) is 9.59. The van der Waals surface area contributed by atoms with Gasteiger partial charge in [0.1, 0.15) is 5.82 Å². The molecule has 0 aliphatic carbocycles. The summed E-state index contributed by atoms with van der Waals surface area (Å²) in [6.45, 7) is 2.89. The molecule has 28 heavy (non-hydrogen) atoms. The second kappa shape index (κ2) is 7.46. The molecule has 0 unspecified atom stereocenters. The summed E-state index contributed by atoms with van der Waals surface area (Å²) >= 11 is 0. The molecule has 1 aromatic carbocycles. The van der Waals surface area contributed by atoms with Crippen LogP contribution in [-0.2, 0) is 9.59 Å². The Morgan fingerprint density at radius 2 is 2.00 bits per heavy atom. The number of hydrogen-bond acceptors (Lipinski definition) is 5. The number of piperidine rings is 1. The molecule has 1 saturated heterocycles. The summed E-state index contributed by atoms with van der Waals surface area (Å²) in [7, 11) is 0. The molecule has 2 aliphatic heterocycles. The quantitative estimate of drug-likeness (QED) is 0.756. The van der Waals surface area contributed by atoms with Gasteiger partial charge in [0.05, 0.1) is 11.5 Å². The summed E-state index contributed by atoms with van der Waals surface area (Å²) in [5, 5.41) is 5.44. The summed E-state index contributed by atoms with van der Waals surface area (Å²) < 4.78 is 0. The summed E-state index contributed by atoms with van der Waals surface area (Å²) in [6, 6.07) is 9.22. The highest BCUT2D eigenvalue weighted by atomic mass is 16.2. The Hall–Kier alpha value is -3.16. The Kier molecular flexibility index (Phi) is 4.85. The first-order chi connectivity index (χ1) is 13.5. The third kappa shape index (κ3) is 3.49. The Morgan fingerprint density at radius 3 is 2.75 bits per heavy atom. The van der Waals surface area contributed by atoms with E-state index < -0.39 is 11.8 Å². The predicted molar refractivity (Wildman–Crippen MR) is 107 cm³/mol. The van der Waals surface area contributed by atoms with Gasteiger partial charge in [-0.25, -0.2) is 0 Å². The molecular weight excluding hydrogens is 358 g/mol. The number of carbonyl (C=O) groups excluding carboxylic acids is 2. The van der Waals surface area contributed by atoms with Crippen LogP contribution in [0.2, 0.25) is 0 Å². The molecule has 0 bridgehead atoms. The van der Waals surface area contributed by atoms with Gasteiger partial charge in [-0.1, -0.05) is 18.2 Å². The molecule has 4 rings (SSSR count). The number of aromatic nitrogens is 2. The Labute approximate surface area is 162 Å². The highest BCUT2D eigenvalue weighted by Crippen LogP contribution is 2.31. The summed E-state index contributed by atoms with van der Waals surface area (Å²) in [5.74, 6) is -0.973. The van der Waals surface area contributed by atoms with Gasteiger partial charge in [-0.05, 0) is 38.3 Å². The zero-order valence-corrected chi connectivity index (χ0v) is 15.7. The Balaban J connectivity index is 1.67. The number of para-hydroxylation sites is 1. The number of amides is 2. The van der Waals surface area contributed by atoms with E-state index in [0.717, 1.165) is 25.8 Å². The molecule has 0 saturated carbocycles. The van der Waals surface area contributed by atoms with Crippen LogP contribution in [0.15, 0.2) is 35.1 Å². The minimum absolute atomic E-state index is 0.0874. The first-order valence-corrected chi connectivity index (χ1v) is 9.59. The third-order valence-corrected chi connectivity index (χ3v) is 5.37. The van der Waals surface area contributed by atoms with Crippen LogP contribution >= 0.6 is 0 Å². The number of nitrogens with one attached hydrogen (secondary N) is 3. The number of benzene rings is 1. The lowest BCUT2D eigenvalue weighted by atomic mass is 9.92. The maximum atomic E-state index is 12.9. The number of aromatic amines is 1. The van der Waals surface area contributed by atoms with Gasteiger partial charge < -0.3 is 15.5 Å². The van der Waals surface area contributed by atoms with E-state index in [2.05, 4.69) is 27.5 Å². The van der Waals surface area contributed by atoms with Crippen molar-refractivity contribution in [2.75, 3.05) is 22.1 Å². The number of anilines is 3. The zero-order chi connectivity index (χ0) is 19.7.